The molecule has 0 atom stereocenters. The van der Waals surface area contributed by atoms with E-state index in [2.05, 4.69) is 34.5 Å². The molecule has 5 heteroatoms. The van der Waals surface area contributed by atoms with Crippen molar-refractivity contribution in [2.45, 2.75) is 32.4 Å². The summed E-state index contributed by atoms with van der Waals surface area (Å²) >= 11 is 0. The average molecular weight is 382 g/mol. The van der Waals surface area contributed by atoms with Gasteiger partial charge in [0.15, 0.2) is 11.6 Å². The van der Waals surface area contributed by atoms with Crippen molar-refractivity contribution in [1.82, 2.24) is 10.2 Å². The smallest absolute Gasteiger partial charge is 0.244 e. The number of nitrogens with zero attached hydrogens (tertiary/aromatic N) is 1. The number of hydrogen-bond acceptors (Lipinski definition) is 3. The standard InChI is InChI=1S/C23H27FN2O2/c1-28-22-11-9-18(15-21(22)24)10-12-23(27)25-16-19-5-7-20(8-6-19)17-26-13-3-2-4-14-26/h5-12,15H,2-4,13-14,16-17H2,1H3,(H,25,27). The summed E-state index contributed by atoms with van der Waals surface area (Å²) < 4.78 is 18.5. The lowest BCUT2D eigenvalue weighted by atomic mass is 10.1. The first kappa shape index (κ1) is 20.1. The van der Waals surface area contributed by atoms with Gasteiger partial charge in [-0.2, -0.15) is 0 Å². The Hall–Kier alpha value is -2.66. The fourth-order valence-corrected chi connectivity index (χ4v) is 3.34. The van der Waals surface area contributed by atoms with Crippen LogP contribution in [0.4, 0.5) is 4.39 Å². The van der Waals surface area contributed by atoms with E-state index in [1.807, 2.05) is 0 Å². The second kappa shape index (κ2) is 10.0. The molecule has 2 aromatic carbocycles. The van der Waals surface area contributed by atoms with Gasteiger partial charge in [-0.05, 0) is 60.8 Å². The molecular formula is C23H27FN2O2. The molecule has 2 aromatic rings. The molecule has 1 N–H and O–H groups in total. The monoisotopic (exact) mass is 382 g/mol. The SMILES string of the molecule is COc1ccc(C=CC(=O)NCc2ccc(CN3CCCCC3)cc2)cc1F. The van der Waals surface area contributed by atoms with Crippen molar-refractivity contribution in [1.29, 1.82) is 0 Å². The number of halogens is 1. The van der Waals surface area contributed by atoms with Crippen LogP contribution in [-0.4, -0.2) is 31.0 Å². The Morgan fingerprint density at radius 1 is 1.11 bits per heavy atom. The van der Waals surface area contributed by atoms with Gasteiger partial charge in [-0.25, -0.2) is 4.39 Å². The van der Waals surface area contributed by atoms with Crippen molar-refractivity contribution < 1.29 is 13.9 Å². The Morgan fingerprint density at radius 2 is 1.82 bits per heavy atom. The Kier molecular flexibility index (Phi) is 7.20. The molecule has 1 aliphatic heterocycles. The Morgan fingerprint density at radius 3 is 2.50 bits per heavy atom. The van der Waals surface area contributed by atoms with Gasteiger partial charge in [0.2, 0.25) is 5.91 Å². The van der Waals surface area contributed by atoms with Crippen LogP contribution >= 0.6 is 0 Å². The molecular weight excluding hydrogens is 355 g/mol. The lowest BCUT2D eigenvalue weighted by Crippen LogP contribution is -2.29. The lowest BCUT2D eigenvalue weighted by Gasteiger charge is -2.26. The quantitative estimate of drug-likeness (QED) is 0.732. The Bertz CT molecular complexity index is 812. The molecule has 1 fully saturated rings. The number of benzene rings is 2. The van der Waals surface area contributed by atoms with Gasteiger partial charge in [-0.1, -0.05) is 36.8 Å². The molecule has 1 aliphatic rings. The molecule has 0 radical (unpaired) electrons. The summed E-state index contributed by atoms with van der Waals surface area (Å²) in [5.41, 5.74) is 2.97. The molecule has 0 spiro atoms. The zero-order valence-corrected chi connectivity index (χ0v) is 16.3. The summed E-state index contributed by atoms with van der Waals surface area (Å²) in [6.45, 7) is 3.82. The van der Waals surface area contributed by atoms with Crippen molar-refractivity contribution in [3.63, 3.8) is 0 Å². The maximum Gasteiger partial charge on any atom is 0.244 e. The number of ether oxygens (including phenoxy) is 1. The van der Waals surface area contributed by atoms with Crippen LogP contribution in [0.25, 0.3) is 6.08 Å². The molecule has 28 heavy (non-hydrogen) atoms. The number of amides is 1. The summed E-state index contributed by atoms with van der Waals surface area (Å²) in [5, 5.41) is 2.85. The van der Waals surface area contributed by atoms with Crippen LogP contribution in [0.1, 0.15) is 36.0 Å². The highest BCUT2D eigenvalue weighted by atomic mass is 19.1. The first-order chi connectivity index (χ1) is 13.6. The first-order valence-electron chi connectivity index (χ1n) is 9.73. The topological polar surface area (TPSA) is 41.6 Å². The largest absolute Gasteiger partial charge is 0.494 e. The molecule has 0 saturated carbocycles. The first-order valence-corrected chi connectivity index (χ1v) is 9.73. The van der Waals surface area contributed by atoms with E-state index in [0.717, 1.165) is 12.1 Å². The molecule has 4 nitrogen and oxygen atoms in total. The zero-order chi connectivity index (χ0) is 19.8. The molecule has 148 valence electrons. The van der Waals surface area contributed by atoms with Gasteiger partial charge in [0.05, 0.1) is 7.11 Å². The maximum absolute atomic E-state index is 13.7. The summed E-state index contributed by atoms with van der Waals surface area (Å²) in [4.78, 5) is 14.5. The predicted octanol–water partition coefficient (Wildman–Crippen LogP) is 4.15. The van der Waals surface area contributed by atoms with Crippen LogP contribution in [0, 0.1) is 5.82 Å². The van der Waals surface area contributed by atoms with Gasteiger partial charge in [0.25, 0.3) is 0 Å². The fourth-order valence-electron chi connectivity index (χ4n) is 3.34. The van der Waals surface area contributed by atoms with Crippen LogP contribution in [0.15, 0.2) is 48.5 Å². The van der Waals surface area contributed by atoms with Crippen molar-refractivity contribution in [2.75, 3.05) is 20.2 Å². The van der Waals surface area contributed by atoms with Crippen LogP contribution in [0.3, 0.4) is 0 Å². The van der Waals surface area contributed by atoms with Crippen LogP contribution in [0.2, 0.25) is 0 Å². The molecule has 1 saturated heterocycles. The van der Waals surface area contributed by atoms with Gasteiger partial charge < -0.3 is 10.1 Å². The van der Waals surface area contributed by atoms with Crippen LogP contribution in [-0.2, 0) is 17.9 Å². The minimum Gasteiger partial charge on any atom is -0.494 e. The summed E-state index contributed by atoms with van der Waals surface area (Å²) in [6, 6.07) is 13.0. The predicted molar refractivity (Wildman–Crippen MR) is 109 cm³/mol. The number of nitrogens with one attached hydrogen (secondary N) is 1. The third-order valence-electron chi connectivity index (χ3n) is 4.95. The van der Waals surface area contributed by atoms with E-state index in [1.54, 1.807) is 18.2 Å². The second-order valence-corrected chi connectivity index (χ2v) is 7.10. The third kappa shape index (κ3) is 5.92. The van der Waals surface area contributed by atoms with E-state index in [9.17, 15) is 9.18 Å². The number of hydrogen-bond donors (Lipinski definition) is 1. The summed E-state index contributed by atoms with van der Waals surface area (Å²) in [7, 11) is 1.42. The van der Waals surface area contributed by atoms with E-state index in [1.165, 1.54) is 57.2 Å². The van der Waals surface area contributed by atoms with E-state index in [-0.39, 0.29) is 11.7 Å². The van der Waals surface area contributed by atoms with Gasteiger partial charge in [-0.3, -0.25) is 9.69 Å². The average Bonchev–Trinajstić information content (AvgIpc) is 2.72. The Labute approximate surface area is 166 Å². The number of carbonyl (C=O) groups is 1. The molecule has 0 aliphatic carbocycles. The lowest BCUT2D eigenvalue weighted by molar-refractivity contribution is -0.116. The number of piperidine rings is 1. The van der Waals surface area contributed by atoms with Crippen LogP contribution in [0.5, 0.6) is 5.75 Å². The molecule has 0 unspecified atom stereocenters. The van der Waals surface area contributed by atoms with E-state index >= 15 is 0 Å². The van der Waals surface area contributed by atoms with Gasteiger partial charge >= 0.3 is 0 Å². The molecule has 1 heterocycles. The minimum absolute atomic E-state index is 0.185. The van der Waals surface area contributed by atoms with Crippen molar-refractivity contribution in [3.05, 3.63) is 71.0 Å². The minimum atomic E-state index is -0.449. The highest BCUT2D eigenvalue weighted by Gasteiger charge is 2.10. The van der Waals surface area contributed by atoms with E-state index < -0.39 is 5.82 Å². The molecule has 0 aromatic heterocycles. The van der Waals surface area contributed by atoms with Gasteiger partial charge in [-0.15, -0.1) is 0 Å². The fraction of sp³-hybridized carbons (Fsp3) is 0.348. The van der Waals surface area contributed by atoms with Crippen molar-refractivity contribution >= 4 is 12.0 Å². The third-order valence-corrected chi connectivity index (χ3v) is 4.95. The summed E-state index contributed by atoms with van der Waals surface area (Å²) in [6.07, 6.45) is 6.92. The summed E-state index contributed by atoms with van der Waals surface area (Å²) in [5.74, 6) is -0.478. The van der Waals surface area contributed by atoms with E-state index in [4.69, 9.17) is 4.74 Å². The number of methoxy groups -OCH3 is 1. The second-order valence-electron chi connectivity index (χ2n) is 7.10. The molecule has 1 amide bonds. The van der Waals surface area contributed by atoms with E-state index in [0.29, 0.717) is 12.1 Å². The van der Waals surface area contributed by atoms with Crippen molar-refractivity contribution in [2.24, 2.45) is 0 Å². The highest BCUT2D eigenvalue weighted by Crippen LogP contribution is 2.18. The Balaban J connectivity index is 1.46. The van der Waals surface area contributed by atoms with Gasteiger partial charge in [0, 0.05) is 19.2 Å². The number of likely N-dealkylation sites (tertiary alicyclic amines) is 1. The normalized spacial score (nSPS) is 14.9. The molecule has 0 bridgehead atoms. The number of carbonyl (C=O) groups excluding carboxylic acids is 1. The van der Waals surface area contributed by atoms with Gasteiger partial charge in [0.1, 0.15) is 0 Å². The van der Waals surface area contributed by atoms with Crippen LogP contribution < -0.4 is 10.1 Å². The molecule has 3 rings (SSSR count). The maximum atomic E-state index is 13.7. The zero-order valence-electron chi connectivity index (χ0n) is 16.3. The number of rotatable bonds is 7. The van der Waals surface area contributed by atoms with Crippen molar-refractivity contribution in [3.8, 4) is 5.75 Å². The highest BCUT2D eigenvalue weighted by molar-refractivity contribution is 5.91.